The lowest BCUT2D eigenvalue weighted by molar-refractivity contribution is -0.124. The Bertz CT molecular complexity index is 1020. The van der Waals surface area contributed by atoms with Gasteiger partial charge in [0.05, 0.1) is 4.88 Å². The molecule has 0 saturated carbocycles. The highest BCUT2D eigenvalue weighted by molar-refractivity contribution is 7.21. The Balaban J connectivity index is 1.65. The van der Waals surface area contributed by atoms with E-state index >= 15 is 0 Å². The van der Waals surface area contributed by atoms with Crippen molar-refractivity contribution in [2.24, 2.45) is 0 Å². The van der Waals surface area contributed by atoms with Crippen molar-refractivity contribution in [3.05, 3.63) is 64.8 Å². The summed E-state index contributed by atoms with van der Waals surface area (Å²) in [7, 11) is 0. The molecule has 3 aromatic rings. The van der Waals surface area contributed by atoms with Gasteiger partial charge in [-0.1, -0.05) is 24.3 Å². The molecule has 1 fully saturated rings. The Labute approximate surface area is 165 Å². The highest BCUT2D eigenvalue weighted by atomic mass is 32.1. The van der Waals surface area contributed by atoms with Gasteiger partial charge in [-0.15, -0.1) is 11.3 Å². The number of benzene rings is 2. The second-order valence-electron chi connectivity index (χ2n) is 6.58. The van der Waals surface area contributed by atoms with Crippen molar-refractivity contribution in [2.75, 3.05) is 6.54 Å². The normalized spacial score (nSPS) is 16.6. The smallest absolute Gasteiger partial charge is 0.262 e. The molecule has 1 aromatic heterocycles. The van der Waals surface area contributed by atoms with E-state index < -0.39 is 11.9 Å². The number of rotatable bonds is 5. The van der Waals surface area contributed by atoms with E-state index in [-0.39, 0.29) is 18.4 Å². The molecule has 5 nitrogen and oxygen atoms in total. The number of fused-ring (bicyclic) bond motifs is 1. The molecule has 1 atom stereocenters. The quantitative estimate of drug-likeness (QED) is 0.690. The molecule has 7 heteroatoms. The first-order chi connectivity index (χ1) is 13.6. The second-order valence-corrected chi connectivity index (χ2v) is 7.64. The first-order valence-corrected chi connectivity index (χ1v) is 9.91. The Morgan fingerprint density at radius 1 is 1.21 bits per heavy atom. The standard InChI is InChI=1S/C21H19FN2O3S/c22-15-8-4-10-17-18(15)14(12-27-13-6-2-1-3-7-13)19(28-17)21(26)24-16-9-5-11-23-20(16)25/h1-4,6-8,10,16H,5,9,11-12H2,(H,23,25)(H,24,26). The van der Waals surface area contributed by atoms with E-state index in [9.17, 15) is 14.0 Å². The third-order valence-electron chi connectivity index (χ3n) is 4.69. The van der Waals surface area contributed by atoms with E-state index in [0.29, 0.717) is 39.2 Å². The van der Waals surface area contributed by atoms with E-state index in [1.165, 1.54) is 17.4 Å². The molecule has 1 unspecified atom stereocenters. The molecule has 2 heterocycles. The van der Waals surface area contributed by atoms with Gasteiger partial charge in [-0.3, -0.25) is 9.59 Å². The van der Waals surface area contributed by atoms with Crippen LogP contribution in [0.5, 0.6) is 5.75 Å². The summed E-state index contributed by atoms with van der Waals surface area (Å²) in [6, 6.07) is 13.4. The molecule has 0 spiro atoms. The summed E-state index contributed by atoms with van der Waals surface area (Å²) >= 11 is 1.21. The van der Waals surface area contributed by atoms with Gasteiger partial charge in [-0.05, 0) is 37.1 Å². The van der Waals surface area contributed by atoms with Gasteiger partial charge in [0.1, 0.15) is 24.2 Å². The van der Waals surface area contributed by atoms with Gasteiger partial charge in [0.2, 0.25) is 5.91 Å². The molecule has 0 radical (unpaired) electrons. The number of carbonyl (C=O) groups excluding carboxylic acids is 2. The van der Waals surface area contributed by atoms with Crippen molar-refractivity contribution in [3.8, 4) is 5.75 Å². The molecule has 2 N–H and O–H groups in total. The van der Waals surface area contributed by atoms with Gasteiger partial charge in [0.15, 0.2) is 0 Å². The number of para-hydroxylation sites is 1. The highest BCUT2D eigenvalue weighted by Gasteiger charge is 2.27. The number of halogens is 1. The summed E-state index contributed by atoms with van der Waals surface area (Å²) < 4.78 is 21.0. The Hall–Kier alpha value is -2.93. The van der Waals surface area contributed by atoms with Gasteiger partial charge in [0, 0.05) is 22.2 Å². The zero-order valence-electron chi connectivity index (χ0n) is 15.0. The Morgan fingerprint density at radius 2 is 2.04 bits per heavy atom. The average molecular weight is 398 g/mol. The van der Waals surface area contributed by atoms with Gasteiger partial charge < -0.3 is 15.4 Å². The summed E-state index contributed by atoms with van der Waals surface area (Å²) in [5.74, 6) is -0.325. The first kappa shape index (κ1) is 18.4. The van der Waals surface area contributed by atoms with Crippen LogP contribution in [0.3, 0.4) is 0 Å². The minimum Gasteiger partial charge on any atom is -0.489 e. The second kappa shape index (κ2) is 7.98. The minimum atomic E-state index is -0.570. The monoisotopic (exact) mass is 398 g/mol. The van der Waals surface area contributed by atoms with Crippen molar-refractivity contribution in [2.45, 2.75) is 25.5 Å². The van der Waals surface area contributed by atoms with E-state index in [2.05, 4.69) is 10.6 Å². The molecule has 0 bridgehead atoms. The summed E-state index contributed by atoms with van der Waals surface area (Å²) in [4.78, 5) is 25.3. The number of hydrogen-bond donors (Lipinski definition) is 2. The lowest BCUT2D eigenvalue weighted by atomic mass is 10.1. The van der Waals surface area contributed by atoms with Crippen molar-refractivity contribution in [1.82, 2.24) is 10.6 Å². The van der Waals surface area contributed by atoms with Crippen LogP contribution >= 0.6 is 11.3 Å². The van der Waals surface area contributed by atoms with Crippen LogP contribution in [0.15, 0.2) is 48.5 Å². The molecule has 2 amide bonds. The fourth-order valence-corrected chi connectivity index (χ4v) is 4.42. The van der Waals surface area contributed by atoms with Crippen molar-refractivity contribution in [3.63, 3.8) is 0 Å². The third-order valence-corrected chi connectivity index (χ3v) is 5.88. The zero-order valence-corrected chi connectivity index (χ0v) is 15.9. The molecular formula is C21H19FN2O3S. The zero-order chi connectivity index (χ0) is 19.5. The maximum absolute atomic E-state index is 14.5. The molecule has 28 heavy (non-hydrogen) atoms. The molecule has 2 aromatic carbocycles. The van der Waals surface area contributed by atoms with Gasteiger partial charge in [-0.25, -0.2) is 4.39 Å². The number of amides is 2. The van der Waals surface area contributed by atoms with Crippen LogP contribution in [0.2, 0.25) is 0 Å². The van der Waals surface area contributed by atoms with E-state index in [1.807, 2.05) is 18.2 Å². The Kier molecular flexibility index (Phi) is 5.25. The predicted octanol–water partition coefficient (Wildman–Crippen LogP) is 3.63. The summed E-state index contributed by atoms with van der Waals surface area (Å²) in [6.07, 6.45) is 1.40. The lowest BCUT2D eigenvalue weighted by Gasteiger charge is -2.22. The molecule has 1 aliphatic heterocycles. The molecule has 0 aliphatic carbocycles. The van der Waals surface area contributed by atoms with Crippen LogP contribution in [0.1, 0.15) is 28.1 Å². The number of nitrogens with one attached hydrogen (secondary N) is 2. The van der Waals surface area contributed by atoms with Crippen LogP contribution in [0.4, 0.5) is 4.39 Å². The molecular weight excluding hydrogens is 379 g/mol. The van der Waals surface area contributed by atoms with E-state index in [1.54, 1.807) is 24.3 Å². The third kappa shape index (κ3) is 3.71. The van der Waals surface area contributed by atoms with Gasteiger partial charge >= 0.3 is 0 Å². The number of carbonyl (C=O) groups is 2. The largest absolute Gasteiger partial charge is 0.489 e. The van der Waals surface area contributed by atoms with Crippen molar-refractivity contribution >= 4 is 33.2 Å². The van der Waals surface area contributed by atoms with Crippen LogP contribution in [0, 0.1) is 5.82 Å². The maximum Gasteiger partial charge on any atom is 0.262 e. The van der Waals surface area contributed by atoms with Gasteiger partial charge in [0.25, 0.3) is 5.91 Å². The van der Waals surface area contributed by atoms with Crippen LogP contribution in [-0.4, -0.2) is 24.4 Å². The van der Waals surface area contributed by atoms with Crippen LogP contribution < -0.4 is 15.4 Å². The number of ether oxygens (including phenoxy) is 1. The number of hydrogen-bond acceptors (Lipinski definition) is 4. The van der Waals surface area contributed by atoms with Crippen LogP contribution in [-0.2, 0) is 11.4 Å². The molecule has 4 rings (SSSR count). The number of thiophene rings is 1. The fraction of sp³-hybridized carbons (Fsp3) is 0.238. The maximum atomic E-state index is 14.5. The van der Waals surface area contributed by atoms with E-state index in [4.69, 9.17) is 4.74 Å². The molecule has 1 aliphatic rings. The number of piperidine rings is 1. The lowest BCUT2D eigenvalue weighted by Crippen LogP contribution is -2.50. The summed E-state index contributed by atoms with van der Waals surface area (Å²) in [5, 5.41) is 5.93. The van der Waals surface area contributed by atoms with Crippen LogP contribution in [0.25, 0.3) is 10.1 Å². The highest BCUT2D eigenvalue weighted by Crippen LogP contribution is 2.34. The van der Waals surface area contributed by atoms with Crippen molar-refractivity contribution in [1.29, 1.82) is 0 Å². The first-order valence-electron chi connectivity index (χ1n) is 9.10. The van der Waals surface area contributed by atoms with Crippen molar-refractivity contribution < 1.29 is 18.7 Å². The summed E-state index contributed by atoms with van der Waals surface area (Å²) in [5.41, 5.74) is 0.496. The summed E-state index contributed by atoms with van der Waals surface area (Å²) in [6.45, 7) is 0.681. The minimum absolute atomic E-state index is 0.0601. The predicted molar refractivity (Wildman–Crippen MR) is 106 cm³/mol. The Morgan fingerprint density at radius 3 is 2.82 bits per heavy atom. The average Bonchev–Trinajstić information content (AvgIpc) is 3.09. The SMILES string of the molecule is O=C(NC1CCCNC1=O)c1sc2cccc(F)c2c1COc1ccccc1. The van der Waals surface area contributed by atoms with E-state index in [0.717, 1.165) is 6.42 Å². The fourth-order valence-electron chi connectivity index (χ4n) is 3.29. The topological polar surface area (TPSA) is 67.4 Å². The molecule has 144 valence electrons. The molecule has 1 saturated heterocycles. The van der Waals surface area contributed by atoms with Gasteiger partial charge in [-0.2, -0.15) is 0 Å².